The third-order valence-corrected chi connectivity index (χ3v) is 5.24. The van der Waals surface area contributed by atoms with Crippen molar-refractivity contribution < 1.29 is 4.21 Å². The van der Waals surface area contributed by atoms with Gasteiger partial charge in [0.25, 0.3) is 0 Å². The number of rotatable bonds is 4. The first-order chi connectivity index (χ1) is 9.08. The molecule has 2 nitrogen and oxygen atoms in total. The summed E-state index contributed by atoms with van der Waals surface area (Å²) in [5.41, 5.74) is 9.83. The predicted molar refractivity (Wildman–Crippen MR) is 85.3 cm³/mol. The van der Waals surface area contributed by atoms with Crippen LogP contribution in [-0.2, 0) is 22.3 Å². The maximum Gasteiger partial charge on any atom is 0.0501 e. The Labute approximate surface area is 124 Å². The van der Waals surface area contributed by atoms with Crippen LogP contribution in [0, 0.1) is 6.92 Å². The van der Waals surface area contributed by atoms with Crippen LogP contribution in [0.1, 0.15) is 16.7 Å². The fourth-order valence-electron chi connectivity index (χ4n) is 1.88. The lowest BCUT2D eigenvalue weighted by Gasteiger charge is -2.08. The molecule has 0 spiro atoms. The van der Waals surface area contributed by atoms with Crippen LogP contribution in [0.2, 0.25) is 0 Å². The quantitative estimate of drug-likeness (QED) is 0.862. The van der Waals surface area contributed by atoms with Crippen molar-refractivity contribution in [3.05, 3.63) is 63.6 Å². The van der Waals surface area contributed by atoms with Crippen LogP contribution in [0.5, 0.6) is 0 Å². The lowest BCUT2D eigenvalue weighted by molar-refractivity contribution is 0.682. The van der Waals surface area contributed by atoms with E-state index in [1.807, 2.05) is 49.4 Å². The van der Waals surface area contributed by atoms with Crippen LogP contribution in [-0.4, -0.2) is 4.21 Å². The number of halogens is 1. The normalized spacial score (nSPS) is 12.3. The third-order valence-electron chi connectivity index (χ3n) is 3.00. The molecule has 2 aromatic carbocycles. The molecule has 0 radical (unpaired) electrons. The monoisotopic (exact) mass is 337 g/mol. The van der Waals surface area contributed by atoms with Crippen molar-refractivity contribution in [2.75, 3.05) is 5.73 Å². The van der Waals surface area contributed by atoms with E-state index in [-0.39, 0.29) is 0 Å². The second kappa shape index (κ2) is 6.35. The van der Waals surface area contributed by atoms with Crippen LogP contribution in [0.3, 0.4) is 0 Å². The van der Waals surface area contributed by atoms with Gasteiger partial charge in [-0.25, -0.2) is 0 Å². The topological polar surface area (TPSA) is 43.1 Å². The van der Waals surface area contributed by atoms with Gasteiger partial charge >= 0.3 is 0 Å². The van der Waals surface area contributed by atoms with Gasteiger partial charge in [-0.15, -0.1) is 0 Å². The molecule has 0 fully saturated rings. The zero-order chi connectivity index (χ0) is 13.8. The van der Waals surface area contributed by atoms with Crippen LogP contribution < -0.4 is 5.73 Å². The number of hydrogen-bond donors (Lipinski definition) is 1. The predicted octanol–water partition coefficient (Wildman–Crippen LogP) is 3.79. The minimum Gasteiger partial charge on any atom is -0.398 e. The van der Waals surface area contributed by atoms with E-state index >= 15 is 0 Å². The summed E-state index contributed by atoms with van der Waals surface area (Å²) in [6.07, 6.45) is 0. The molecule has 2 rings (SSSR count). The molecule has 0 amide bonds. The van der Waals surface area contributed by atoms with E-state index in [0.717, 1.165) is 15.6 Å². The van der Waals surface area contributed by atoms with E-state index in [9.17, 15) is 4.21 Å². The summed E-state index contributed by atoms with van der Waals surface area (Å²) in [5, 5.41) is 0. The summed E-state index contributed by atoms with van der Waals surface area (Å²) in [7, 11) is -0.936. The number of hydrogen-bond acceptors (Lipinski definition) is 2. The van der Waals surface area contributed by atoms with Crippen molar-refractivity contribution >= 4 is 32.4 Å². The zero-order valence-corrected chi connectivity index (χ0v) is 13.1. The summed E-state index contributed by atoms with van der Waals surface area (Å²) in [5.74, 6) is 1.09. The standard InChI is InChI=1S/C15H16BrNOS/c1-11-5-2-3-6-12(11)9-19(18)10-13-7-4-8-14(17)15(13)16/h2-8H,9-10,17H2,1H3. The van der Waals surface area contributed by atoms with Crippen molar-refractivity contribution in [2.24, 2.45) is 0 Å². The van der Waals surface area contributed by atoms with Crippen molar-refractivity contribution in [2.45, 2.75) is 18.4 Å². The smallest absolute Gasteiger partial charge is 0.0501 e. The zero-order valence-electron chi connectivity index (χ0n) is 10.7. The summed E-state index contributed by atoms with van der Waals surface area (Å²) in [4.78, 5) is 0. The highest BCUT2D eigenvalue weighted by molar-refractivity contribution is 9.10. The van der Waals surface area contributed by atoms with Crippen LogP contribution >= 0.6 is 15.9 Å². The lowest BCUT2D eigenvalue weighted by atomic mass is 10.1. The highest BCUT2D eigenvalue weighted by Crippen LogP contribution is 2.25. The number of nitrogen functional groups attached to an aromatic ring is 1. The Bertz CT molecular complexity index is 613. The first kappa shape index (κ1) is 14.3. The Hall–Kier alpha value is -1.13. The van der Waals surface area contributed by atoms with Gasteiger partial charge in [0.05, 0.1) is 5.75 Å². The van der Waals surface area contributed by atoms with E-state index in [2.05, 4.69) is 15.9 Å². The average Bonchev–Trinajstić information content (AvgIpc) is 2.38. The number of aryl methyl sites for hydroxylation is 1. The Kier molecular flexibility index (Phi) is 4.77. The van der Waals surface area contributed by atoms with Crippen molar-refractivity contribution in [3.8, 4) is 0 Å². The molecule has 0 aliphatic heterocycles. The van der Waals surface area contributed by atoms with Crippen LogP contribution in [0.4, 0.5) is 5.69 Å². The summed E-state index contributed by atoms with van der Waals surface area (Å²) in [6, 6.07) is 13.7. The van der Waals surface area contributed by atoms with Gasteiger partial charge < -0.3 is 5.73 Å². The van der Waals surface area contributed by atoms with Gasteiger partial charge in [0.15, 0.2) is 0 Å². The molecule has 0 saturated heterocycles. The van der Waals surface area contributed by atoms with E-state index in [1.54, 1.807) is 0 Å². The van der Waals surface area contributed by atoms with Gasteiger partial charge in [-0.05, 0) is 45.6 Å². The maximum absolute atomic E-state index is 12.2. The molecule has 1 atom stereocenters. The van der Waals surface area contributed by atoms with E-state index < -0.39 is 10.8 Å². The average molecular weight is 338 g/mol. The number of anilines is 1. The molecular formula is C15H16BrNOS. The second-order valence-corrected chi connectivity index (χ2v) is 6.73. The molecule has 1 unspecified atom stereocenters. The van der Waals surface area contributed by atoms with E-state index in [4.69, 9.17) is 5.73 Å². The highest BCUT2D eigenvalue weighted by Gasteiger charge is 2.09. The van der Waals surface area contributed by atoms with E-state index in [1.165, 1.54) is 5.56 Å². The largest absolute Gasteiger partial charge is 0.398 e. The Morgan fingerprint density at radius 3 is 2.42 bits per heavy atom. The fraction of sp³-hybridized carbons (Fsp3) is 0.200. The van der Waals surface area contributed by atoms with Gasteiger partial charge in [-0.1, -0.05) is 36.4 Å². The van der Waals surface area contributed by atoms with Crippen LogP contribution in [0.25, 0.3) is 0 Å². The van der Waals surface area contributed by atoms with Gasteiger partial charge in [0.1, 0.15) is 0 Å². The third kappa shape index (κ3) is 3.67. The minimum atomic E-state index is -0.936. The maximum atomic E-state index is 12.2. The summed E-state index contributed by atoms with van der Waals surface area (Å²) < 4.78 is 13.1. The summed E-state index contributed by atoms with van der Waals surface area (Å²) in [6.45, 7) is 2.04. The number of nitrogens with two attached hydrogens (primary N) is 1. The van der Waals surface area contributed by atoms with Crippen molar-refractivity contribution in [3.63, 3.8) is 0 Å². The second-order valence-electron chi connectivity index (χ2n) is 4.48. The van der Waals surface area contributed by atoms with Gasteiger partial charge in [0.2, 0.25) is 0 Å². The van der Waals surface area contributed by atoms with Crippen LogP contribution in [0.15, 0.2) is 46.9 Å². The van der Waals surface area contributed by atoms with E-state index in [0.29, 0.717) is 17.2 Å². The molecule has 0 heterocycles. The Balaban J connectivity index is 2.10. The van der Waals surface area contributed by atoms with Crippen molar-refractivity contribution in [1.82, 2.24) is 0 Å². The molecule has 19 heavy (non-hydrogen) atoms. The van der Waals surface area contributed by atoms with Gasteiger partial charge in [-0.2, -0.15) is 0 Å². The molecular weight excluding hydrogens is 322 g/mol. The molecule has 0 aliphatic carbocycles. The molecule has 0 saturated carbocycles. The minimum absolute atomic E-state index is 0.514. The van der Waals surface area contributed by atoms with Gasteiger partial charge in [-0.3, -0.25) is 4.21 Å². The molecule has 4 heteroatoms. The van der Waals surface area contributed by atoms with Crippen molar-refractivity contribution in [1.29, 1.82) is 0 Å². The first-order valence-electron chi connectivity index (χ1n) is 6.00. The van der Waals surface area contributed by atoms with Gasteiger partial charge in [0, 0.05) is 26.7 Å². The number of benzene rings is 2. The Morgan fingerprint density at radius 2 is 1.68 bits per heavy atom. The molecule has 2 aromatic rings. The SMILES string of the molecule is Cc1ccccc1CS(=O)Cc1cccc(N)c1Br. The molecule has 100 valence electrons. The fourth-order valence-corrected chi connectivity index (χ4v) is 3.83. The summed E-state index contributed by atoms with van der Waals surface area (Å²) >= 11 is 3.45. The molecule has 2 N–H and O–H groups in total. The molecule has 0 aliphatic rings. The highest BCUT2D eigenvalue weighted by atomic mass is 79.9. The first-order valence-corrected chi connectivity index (χ1v) is 8.28. The lowest BCUT2D eigenvalue weighted by Crippen LogP contribution is -2.02. The Morgan fingerprint density at radius 1 is 1.05 bits per heavy atom. The molecule has 0 bridgehead atoms. The molecule has 0 aromatic heterocycles.